The summed E-state index contributed by atoms with van der Waals surface area (Å²) in [6.45, 7) is 3.67. The number of sulfone groups is 1. The fourth-order valence-electron chi connectivity index (χ4n) is 2.16. The largest absolute Gasteiger partial charge is 0.462 e. The molecular weight excluding hydrogens is 412 g/mol. The number of benzene rings is 1. The first kappa shape index (κ1) is 21.3. The van der Waals surface area contributed by atoms with E-state index in [0.717, 1.165) is 11.3 Å². The number of nitrogens with zero attached hydrogens (tertiary/aromatic N) is 2. The number of esters is 1. The number of thiazole rings is 1. The van der Waals surface area contributed by atoms with E-state index in [4.69, 9.17) is 16.3 Å². The number of amides is 1. The lowest BCUT2D eigenvalue weighted by molar-refractivity contribution is -0.117. The van der Waals surface area contributed by atoms with Gasteiger partial charge in [0.2, 0.25) is 5.91 Å². The summed E-state index contributed by atoms with van der Waals surface area (Å²) in [6, 6.07) is 5.75. The van der Waals surface area contributed by atoms with Crippen molar-refractivity contribution in [1.82, 2.24) is 4.57 Å². The first-order valence-electron chi connectivity index (χ1n) is 8.05. The van der Waals surface area contributed by atoms with Crippen molar-refractivity contribution in [2.75, 3.05) is 12.4 Å². The highest BCUT2D eigenvalue weighted by atomic mass is 35.5. The molecule has 0 bridgehead atoms. The van der Waals surface area contributed by atoms with Crippen LogP contribution in [0, 0.1) is 6.92 Å². The van der Waals surface area contributed by atoms with Gasteiger partial charge in [0.25, 0.3) is 0 Å². The van der Waals surface area contributed by atoms with Crippen molar-refractivity contribution in [2.45, 2.75) is 25.2 Å². The summed E-state index contributed by atoms with van der Waals surface area (Å²) in [7, 11) is -1.94. The summed E-state index contributed by atoms with van der Waals surface area (Å²) in [5.74, 6) is -1.43. The third-order valence-electron chi connectivity index (χ3n) is 3.75. The number of hydrogen-bond acceptors (Lipinski definition) is 6. The van der Waals surface area contributed by atoms with Crippen molar-refractivity contribution in [3.05, 3.63) is 44.7 Å². The topological polar surface area (TPSA) is 94.8 Å². The normalized spacial score (nSPS) is 12.2. The molecule has 1 aromatic carbocycles. The first-order valence-corrected chi connectivity index (χ1v) is 10.9. The molecule has 0 atom stereocenters. The molecule has 0 aliphatic rings. The Morgan fingerprint density at radius 2 is 1.89 bits per heavy atom. The molecule has 0 saturated heterocycles. The van der Waals surface area contributed by atoms with E-state index >= 15 is 0 Å². The van der Waals surface area contributed by atoms with Gasteiger partial charge in [-0.25, -0.2) is 13.2 Å². The summed E-state index contributed by atoms with van der Waals surface area (Å²) in [6.07, 6.45) is -0.267. The fourth-order valence-corrected chi connectivity index (χ4v) is 4.54. The maximum Gasteiger partial charge on any atom is 0.350 e. The van der Waals surface area contributed by atoms with Crippen LogP contribution < -0.4 is 4.80 Å². The van der Waals surface area contributed by atoms with Crippen LogP contribution in [-0.4, -0.2) is 37.2 Å². The molecule has 2 aromatic rings. The van der Waals surface area contributed by atoms with E-state index < -0.39 is 21.7 Å². The standard InChI is InChI=1S/C17H19ClN2O5S2/c1-4-25-16(22)15-11(2)20(3)17(26-15)19-14(21)9-10-27(23,24)13-7-5-12(18)6-8-13/h5-8H,4,9-10H2,1-3H3. The molecule has 7 nitrogen and oxygen atoms in total. The van der Waals surface area contributed by atoms with Crippen molar-refractivity contribution < 1.29 is 22.7 Å². The monoisotopic (exact) mass is 430 g/mol. The van der Waals surface area contributed by atoms with Crippen LogP contribution in [0.15, 0.2) is 34.2 Å². The number of aromatic nitrogens is 1. The van der Waals surface area contributed by atoms with E-state index in [2.05, 4.69) is 4.99 Å². The van der Waals surface area contributed by atoms with Gasteiger partial charge in [-0.2, -0.15) is 4.99 Å². The summed E-state index contributed by atoms with van der Waals surface area (Å²) in [4.78, 5) is 28.8. The molecule has 0 aliphatic carbocycles. The lowest BCUT2D eigenvalue weighted by atomic mass is 10.4. The number of rotatable bonds is 6. The van der Waals surface area contributed by atoms with Crippen LogP contribution >= 0.6 is 22.9 Å². The molecule has 0 saturated carbocycles. The zero-order chi connectivity index (χ0) is 20.2. The highest BCUT2D eigenvalue weighted by Gasteiger charge is 2.18. The molecule has 1 heterocycles. The Morgan fingerprint density at radius 1 is 1.26 bits per heavy atom. The van der Waals surface area contributed by atoms with E-state index in [1.54, 1.807) is 25.5 Å². The van der Waals surface area contributed by atoms with E-state index in [-0.39, 0.29) is 23.7 Å². The summed E-state index contributed by atoms with van der Waals surface area (Å²) >= 11 is 6.78. The Kier molecular flexibility index (Phi) is 6.96. The minimum atomic E-state index is -3.62. The first-order chi connectivity index (χ1) is 12.7. The van der Waals surface area contributed by atoms with Gasteiger partial charge in [-0.3, -0.25) is 4.79 Å². The second kappa shape index (κ2) is 8.81. The number of hydrogen-bond donors (Lipinski definition) is 0. The van der Waals surface area contributed by atoms with Crippen molar-refractivity contribution in [3.63, 3.8) is 0 Å². The number of carbonyl (C=O) groups is 2. The van der Waals surface area contributed by atoms with Crippen LogP contribution in [0.2, 0.25) is 5.02 Å². The molecule has 0 radical (unpaired) electrons. The molecule has 10 heteroatoms. The van der Waals surface area contributed by atoms with E-state index in [9.17, 15) is 18.0 Å². The average molecular weight is 431 g/mol. The van der Waals surface area contributed by atoms with Crippen molar-refractivity contribution in [2.24, 2.45) is 12.0 Å². The Labute approximate surface area is 166 Å². The van der Waals surface area contributed by atoms with Gasteiger partial charge >= 0.3 is 5.97 Å². The van der Waals surface area contributed by atoms with E-state index in [1.807, 2.05) is 0 Å². The van der Waals surface area contributed by atoms with Gasteiger partial charge < -0.3 is 9.30 Å². The van der Waals surface area contributed by atoms with Gasteiger partial charge in [0.1, 0.15) is 4.88 Å². The van der Waals surface area contributed by atoms with Gasteiger partial charge in [-0.1, -0.05) is 22.9 Å². The Hall–Kier alpha value is -1.97. The number of ether oxygens (including phenoxy) is 1. The van der Waals surface area contributed by atoms with Crippen LogP contribution in [0.4, 0.5) is 0 Å². The molecule has 1 amide bonds. The van der Waals surface area contributed by atoms with Gasteiger partial charge in [0.15, 0.2) is 14.6 Å². The van der Waals surface area contributed by atoms with Gasteiger partial charge in [-0.15, -0.1) is 0 Å². The predicted octanol–water partition coefficient (Wildman–Crippen LogP) is 2.52. The minimum absolute atomic E-state index is 0.0989. The molecule has 2 rings (SSSR count). The van der Waals surface area contributed by atoms with Crippen LogP contribution in [0.5, 0.6) is 0 Å². The third kappa shape index (κ3) is 5.27. The van der Waals surface area contributed by atoms with Gasteiger partial charge in [0, 0.05) is 24.2 Å². The molecule has 0 unspecified atom stereocenters. The minimum Gasteiger partial charge on any atom is -0.462 e. The molecule has 0 aliphatic heterocycles. The molecule has 146 valence electrons. The number of carbonyl (C=O) groups excluding carboxylic acids is 2. The summed E-state index contributed by atoms with van der Waals surface area (Å²) in [5.41, 5.74) is 0.624. The summed E-state index contributed by atoms with van der Waals surface area (Å²) < 4.78 is 31.1. The third-order valence-corrected chi connectivity index (χ3v) is 6.95. The molecule has 0 N–H and O–H groups in total. The Balaban J connectivity index is 2.16. The average Bonchev–Trinajstić information content (AvgIpc) is 2.89. The maximum atomic E-state index is 12.3. The van der Waals surface area contributed by atoms with Crippen molar-refractivity contribution in [3.8, 4) is 0 Å². The number of halogens is 1. The SMILES string of the molecule is CCOC(=O)c1sc(=NC(=O)CCS(=O)(=O)c2ccc(Cl)cc2)n(C)c1C. The molecule has 0 spiro atoms. The van der Waals surface area contributed by atoms with Gasteiger partial charge in [-0.05, 0) is 38.1 Å². The highest BCUT2D eigenvalue weighted by molar-refractivity contribution is 7.91. The second-order valence-electron chi connectivity index (χ2n) is 5.61. The van der Waals surface area contributed by atoms with Crippen molar-refractivity contribution >= 4 is 44.7 Å². The lowest BCUT2D eigenvalue weighted by Gasteiger charge is -2.03. The van der Waals surface area contributed by atoms with Crippen molar-refractivity contribution in [1.29, 1.82) is 0 Å². The summed E-state index contributed by atoms with van der Waals surface area (Å²) in [5, 5.41) is 0.429. The maximum absolute atomic E-state index is 12.3. The van der Waals surface area contributed by atoms with Crippen LogP contribution in [0.1, 0.15) is 28.7 Å². The fraction of sp³-hybridized carbons (Fsp3) is 0.353. The van der Waals surface area contributed by atoms with E-state index in [0.29, 0.717) is 20.4 Å². The smallest absolute Gasteiger partial charge is 0.350 e. The Bertz CT molecular complexity index is 1020. The Morgan fingerprint density at radius 3 is 2.48 bits per heavy atom. The predicted molar refractivity (Wildman–Crippen MR) is 103 cm³/mol. The van der Waals surface area contributed by atoms with Gasteiger partial charge in [0.05, 0.1) is 17.3 Å². The molecule has 0 fully saturated rings. The lowest BCUT2D eigenvalue weighted by Crippen LogP contribution is -2.16. The molecule has 1 aromatic heterocycles. The van der Waals surface area contributed by atoms with Crippen LogP contribution in [0.3, 0.4) is 0 Å². The zero-order valence-corrected chi connectivity index (χ0v) is 17.4. The second-order valence-corrected chi connectivity index (χ2v) is 9.13. The zero-order valence-electron chi connectivity index (χ0n) is 15.1. The van der Waals surface area contributed by atoms with Crippen LogP contribution in [-0.2, 0) is 26.4 Å². The molecule has 27 heavy (non-hydrogen) atoms. The van der Waals surface area contributed by atoms with E-state index in [1.165, 1.54) is 24.3 Å². The quantitative estimate of drug-likeness (QED) is 0.656. The molecular formula is C17H19ClN2O5S2. The van der Waals surface area contributed by atoms with Crippen LogP contribution in [0.25, 0.3) is 0 Å². The highest BCUT2D eigenvalue weighted by Crippen LogP contribution is 2.16.